The molecule has 0 fully saturated rings. The van der Waals surface area contributed by atoms with Gasteiger partial charge in [0.15, 0.2) is 17.6 Å². The third-order valence-corrected chi connectivity index (χ3v) is 2.10. The van der Waals surface area contributed by atoms with Gasteiger partial charge in [0, 0.05) is 6.42 Å². The Morgan fingerprint density at radius 1 is 1.36 bits per heavy atom. The van der Waals surface area contributed by atoms with E-state index >= 15 is 0 Å². The van der Waals surface area contributed by atoms with Gasteiger partial charge in [0.1, 0.15) is 5.84 Å². The average Bonchev–Trinajstić information content (AvgIpc) is 2.39. The summed E-state index contributed by atoms with van der Waals surface area (Å²) in [5, 5.41) is 7.32. The van der Waals surface area contributed by atoms with Crippen molar-refractivity contribution in [2.24, 2.45) is 5.73 Å². The molecule has 0 amide bonds. The fourth-order valence-electron chi connectivity index (χ4n) is 1.37. The Bertz CT molecular complexity index is 352. The first kappa shape index (κ1) is 8.87. The van der Waals surface area contributed by atoms with Gasteiger partial charge < -0.3 is 15.2 Å². The summed E-state index contributed by atoms with van der Waals surface area (Å²) in [6, 6.07) is 7.41. The van der Waals surface area contributed by atoms with Crippen LogP contribution in [-0.4, -0.2) is 18.5 Å². The van der Waals surface area contributed by atoms with Crippen LogP contribution in [0.3, 0.4) is 0 Å². The van der Waals surface area contributed by atoms with Crippen LogP contribution in [-0.2, 0) is 0 Å². The summed E-state index contributed by atoms with van der Waals surface area (Å²) in [5.74, 6) is 1.42. The van der Waals surface area contributed by atoms with E-state index in [-0.39, 0.29) is 11.9 Å². The number of benzene rings is 1. The van der Waals surface area contributed by atoms with Crippen LogP contribution in [0.1, 0.15) is 6.42 Å². The zero-order valence-electron chi connectivity index (χ0n) is 7.69. The highest BCUT2D eigenvalue weighted by Crippen LogP contribution is 2.30. The molecule has 14 heavy (non-hydrogen) atoms. The molecule has 1 aliphatic rings. The molecule has 0 radical (unpaired) electrons. The van der Waals surface area contributed by atoms with Crippen LogP contribution in [0.15, 0.2) is 24.3 Å². The van der Waals surface area contributed by atoms with Crippen LogP contribution in [0.2, 0.25) is 0 Å². The second kappa shape index (κ2) is 3.57. The zero-order valence-corrected chi connectivity index (χ0v) is 7.69. The Morgan fingerprint density at radius 2 is 2.07 bits per heavy atom. The first-order valence-corrected chi connectivity index (χ1v) is 4.50. The van der Waals surface area contributed by atoms with Crippen LogP contribution in [0.25, 0.3) is 0 Å². The predicted molar refractivity (Wildman–Crippen MR) is 52.9 cm³/mol. The van der Waals surface area contributed by atoms with Gasteiger partial charge in [0.2, 0.25) is 0 Å². The third-order valence-electron chi connectivity index (χ3n) is 2.10. The Balaban J connectivity index is 2.26. The molecule has 74 valence electrons. The number of nitrogens with two attached hydrogens (primary N) is 1. The monoisotopic (exact) mass is 192 g/mol. The Morgan fingerprint density at radius 3 is 2.79 bits per heavy atom. The summed E-state index contributed by atoms with van der Waals surface area (Å²) in [5.41, 5.74) is 5.40. The van der Waals surface area contributed by atoms with Crippen molar-refractivity contribution >= 4 is 5.84 Å². The molecule has 1 atom stereocenters. The molecular formula is C10H12N2O2. The minimum absolute atomic E-state index is 0.0466. The molecule has 1 unspecified atom stereocenters. The molecule has 0 aliphatic carbocycles. The van der Waals surface area contributed by atoms with Crippen LogP contribution in [0.4, 0.5) is 0 Å². The van der Waals surface area contributed by atoms with Crippen LogP contribution in [0, 0.1) is 5.41 Å². The number of hydrogen-bond donors (Lipinski definition) is 2. The number of ether oxygens (including phenoxy) is 2. The molecule has 0 saturated heterocycles. The fraction of sp³-hybridized carbons (Fsp3) is 0.300. The predicted octanol–water partition coefficient (Wildman–Crippen LogP) is 1.15. The highest BCUT2D eigenvalue weighted by Gasteiger charge is 2.20. The van der Waals surface area contributed by atoms with Crippen molar-refractivity contribution in [2.45, 2.75) is 12.5 Å². The summed E-state index contributed by atoms with van der Waals surface area (Å²) in [4.78, 5) is 0. The molecule has 0 spiro atoms. The van der Waals surface area contributed by atoms with Crippen molar-refractivity contribution in [3.8, 4) is 11.5 Å². The van der Waals surface area contributed by atoms with E-state index in [2.05, 4.69) is 0 Å². The molecule has 2 rings (SSSR count). The number of nitrogens with one attached hydrogen (secondary N) is 1. The highest BCUT2D eigenvalue weighted by molar-refractivity contribution is 5.82. The molecule has 0 bridgehead atoms. The van der Waals surface area contributed by atoms with Crippen molar-refractivity contribution in [1.82, 2.24) is 0 Å². The summed E-state index contributed by atoms with van der Waals surface area (Å²) in [7, 11) is 0. The molecule has 0 saturated carbocycles. The minimum atomic E-state index is -0.362. The molecule has 1 aromatic carbocycles. The highest BCUT2D eigenvalue weighted by atomic mass is 16.5. The smallest absolute Gasteiger partial charge is 0.162 e. The van der Waals surface area contributed by atoms with Crippen molar-refractivity contribution in [3.63, 3.8) is 0 Å². The molecule has 3 N–H and O–H groups in total. The number of fused-ring (bicyclic) bond motifs is 1. The van der Waals surface area contributed by atoms with Gasteiger partial charge in [-0.3, -0.25) is 5.41 Å². The standard InChI is InChI=1S/C10H12N2O2/c11-10(12)9-5-6-13-7-3-1-2-4-8(7)14-9/h1-4,9H,5-6H2,(H3,11,12). The van der Waals surface area contributed by atoms with Crippen LogP contribution in [0.5, 0.6) is 11.5 Å². The maximum atomic E-state index is 7.32. The second-order valence-electron chi connectivity index (χ2n) is 3.15. The maximum Gasteiger partial charge on any atom is 0.162 e. The quantitative estimate of drug-likeness (QED) is 0.518. The van der Waals surface area contributed by atoms with Crippen molar-refractivity contribution < 1.29 is 9.47 Å². The molecule has 1 aliphatic heterocycles. The lowest BCUT2D eigenvalue weighted by Gasteiger charge is -2.13. The van der Waals surface area contributed by atoms with E-state index in [1.165, 1.54) is 0 Å². The van der Waals surface area contributed by atoms with Crippen LogP contribution >= 0.6 is 0 Å². The fourth-order valence-corrected chi connectivity index (χ4v) is 1.37. The summed E-state index contributed by atoms with van der Waals surface area (Å²) in [6.45, 7) is 0.529. The van der Waals surface area contributed by atoms with E-state index in [0.717, 1.165) is 5.75 Å². The lowest BCUT2D eigenvalue weighted by Crippen LogP contribution is -2.33. The van der Waals surface area contributed by atoms with Gasteiger partial charge in [0.05, 0.1) is 6.61 Å². The minimum Gasteiger partial charge on any atom is -0.490 e. The zero-order chi connectivity index (χ0) is 9.97. The van der Waals surface area contributed by atoms with Gasteiger partial charge in [-0.25, -0.2) is 0 Å². The summed E-state index contributed by atoms with van der Waals surface area (Å²) < 4.78 is 11.0. The molecule has 1 heterocycles. The normalized spacial score (nSPS) is 19.9. The Labute approximate surface area is 82.1 Å². The topological polar surface area (TPSA) is 68.3 Å². The second-order valence-corrected chi connectivity index (χ2v) is 3.15. The summed E-state index contributed by atoms with van der Waals surface area (Å²) in [6.07, 6.45) is 0.253. The average molecular weight is 192 g/mol. The van der Waals surface area contributed by atoms with Gasteiger partial charge in [-0.1, -0.05) is 12.1 Å². The first-order chi connectivity index (χ1) is 6.77. The first-order valence-electron chi connectivity index (χ1n) is 4.50. The van der Waals surface area contributed by atoms with Gasteiger partial charge in [0.25, 0.3) is 0 Å². The Hall–Kier alpha value is -1.71. The molecule has 4 heteroatoms. The molecule has 4 nitrogen and oxygen atoms in total. The van der Waals surface area contributed by atoms with E-state index in [0.29, 0.717) is 18.8 Å². The van der Waals surface area contributed by atoms with Gasteiger partial charge in [-0.15, -0.1) is 0 Å². The van der Waals surface area contributed by atoms with Crippen molar-refractivity contribution in [3.05, 3.63) is 24.3 Å². The van der Waals surface area contributed by atoms with Crippen LogP contribution < -0.4 is 15.2 Å². The summed E-state index contributed by atoms with van der Waals surface area (Å²) >= 11 is 0. The van der Waals surface area contributed by atoms with Gasteiger partial charge in [-0.05, 0) is 12.1 Å². The van der Waals surface area contributed by atoms with E-state index in [4.69, 9.17) is 20.6 Å². The number of amidine groups is 1. The molecular weight excluding hydrogens is 180 g/mol. The van der Waals surface area contributed by atoms with E-state index in [1.807, 2.05) is 24.3 Å². The van der Waals surface area contributed by atoms with E-state index in [1.54, 1.807) is 0 Å². The van der Waals surface area contributed by atoms with Crippen molar-refractivity contribution in [2.75, 3.05) is 6.61 Å². The van der Waals surface area contributed by atoms with Crippen molar-refractivity contribution in [1.29, 1.82) is 5.41 Å². The number of para-hydroxylation sites is 2. The number of hydrogen-bond acceptors (Lipinski definition) is 3. The third kappa shape index (κ3) is 1.64. The van der Waals surface area contributed by atoms with Gasteiger partial charge >= 0.3 is 0 Å². The lowest BCUT2D eigenvalue weighted by atomic mass is 10.2. The van der Waals surface area contributed by atoms with E-state index in [9.17, 15) is 0 Å². The molecule has 1 aromatic rings. The molecule has 0 aromatic heterocycles. The lowest BCUT2D eigenvalue weighted by molar-refractivity contribution is 0.250. The van der Waals surface area contributed by atoms with Gasteiger partial charge in [-0.2, -0.15) is 0 Å². The SMILES string of the molecule is N=C(N)C1CCOc2ccccc2O1. The number of rotatable bonds is 1. The van der Waals surface area contributed by atoms with E-state index < -0.39 is 0 Å². The maximum absolute atomic E-state index is 7.32. The largest absolute Gasteiger partial charge is 0.490 e. The Kier molecular flexibility index (Phi) is 2.26.